The molecule has 2 aliphatic rings. The number of nitrogens with one attached hydrogen (secondary N) is 1. The van der Waals surface area contributed by atoms with Crippen molar-refractivity contribution in [1.29, 1.82) is 0 Å². The van der Waals surface area contributed by atoms with Crippen molar-refractivity contribution in [2.24, 2.45) is 5.41 Å². The zero-order chi connectivity index (χ0) is 14.6. The lowest BCUT2D eigenvalue weighted by atomic mass is 9.89. The molecule has 1 aliphatic heterocycles. The third-order valence-electron chi connectivity index (χ3n) is 4.38. The van der Waals surface area contributed by atoms with Crippen molar-refractivity contribution in [3.05, 3.63) is 0 Å². The average molecular weight is 284 g/mol. The lowest BCUT2D eigenvalue weighted by Crippen LogP contribution is -2.54. The second-order valence-electron chi connectivity index (χ2n) is 6.20. The monoisotopic (exact) mass is 284 g/mol. The minimum atomic E-state index is -0.902. The summed E-state index contributed by atoms with van der Waals surface area (Å²) >= 11 is 0. The quantitative estimate of drug-likeness (QED) is 0.819. The van der Waals surface area contributed by atoms with Crippen molar-refractivity contribution < 1.29 is 19.4 Å². The van der Waals surface area contributed by atoms with Crippen molar-refractivity contribution in [3.63, 3.8) is 0 Å². The minimum Gasteiger partial charge on any atom is -0.481 e. The summed E-state index contributed by atoms with van der Waals surface area (Å²) in [7, 11) is 0. The Morgan fingerprint density at radius 2 is 2.10 bits per heavy atom. The number of carboxylic acid groups (broad SMARTS) is 1. The number of rotatable bonds is 4. The third kappa shape index (κ3) is 3.85. The largest absolute Gasteiger partial charge is 0.481 e. The Hall–Kier alpha value is -1.30. The molecule has 2 rings (SSSR count). The van der Waals surface area contributed by atoms with Gasteiger partial charge in [-0.15, -0.1) is 0 Å². The molecule has 2 amide bonds. The van der Waals surface area contributed by atoms with Gasteiger partial charge in [0.25, 0.3) is 0 Å². The molecule has 1 atom stereocenters. The third-order valence-corrected chi connectivity index (χ3v) is 4.38. The van der Waals surface area contributed by atoms with E-state index in [1.807, 2.05) is 0 Å². The van der Waals surface area contributed by atoms with E-state index in [0.29, 0.717) is 26.3 Å². The molecule has 0 aromatic heterocycles. The first kappa shape index (κ1) is 15.1. The molecule has 2 N–H and O–H groups in total. The molecule has 0 radical (unpaired) electrons. The Labute approximate surface area is 119 Å². The Balaban J connectivity index is 1.87. The van der Waals surface area contributed by atoms with Crippen molar-refractivity contribution >= 4 is 12.0 Å². The average Bonchev–Trinajstić information content (AvgIpc) is 2.83. The number of aliphatic carboxylic acids is 1. The van der Waals surface area contributed by atoms with Gasteiger partial charge >= 0.3 is 12.0 Å². The van der Waals surface area contributed by atoms with Gasteiger partial charge in [0.15, 0.2) is 0 Å². The molecule has 1 saturated carbocycles. The molecule has 0 aromatic rings. The Bertz CT molecular complexity index is 366. The highest BCUT2D eigenvalue weighted by molar-refractivity contribution is 5.76. The number of nitrogens with zero attached hydrogens (tertiary/aromatic N) is 1. The van der Waals surface area contributed by atoms with E-state index in [1.54, 1.807) is 4.90 Å². The van der Waals surface area contributed by atoms with Crippen LogP contribution in [0.25, 0.3) is 0 Å². The molecule has 1 heterocycles. The van der Waals surface area contributed by atoms with E-state index in [9.17, 15) is 9.59 Å². The summed E-state index contributed by atoms with van der Waals surface area (Å²) in [6.07, 6.45) is 4.69. The van der Waals surface area contributed by atoms with Crippen LogP contribution in [-0.4, -0.2) is 54.4 Å². The number of hydrogen-bond acceptors (Lipinski definition) is 3. The van der Waals surface area contributed by atoms with Gasteiger partial charge in [-0.25, -0.2) is 4.79 Å². The second kappa shape index (κ2) is 6.43. The molecule has 6 heteroatoms. The first-order valence-corrected chi connectivity index (χ1v) is 7.34. The fraction of sp³-hybridized carbons (Fsp3) is 0.857. The van der Waals surface area contributed by atoms with Crippen LogP contribution in [0.4, 0.5) is 4.79 Å². The summed E-state index contributed by atoms with van der Waals surface area (Å²) in [5, 5.41) is 11.9. The van der Waals surface area contributed by atoms with Crippen LogP contribution in [0.1, 0.15) is 39.0 Å². The predicted octanol–water partition coefficient (Wildman–Crippen LogP) is 1.45. The summed E-state index contributed by atoms with van der Waals surface area (Å²) in [5.41, 5.74) is 0.199. The van der Waals surface area contributed by atoms with Gasteiger partial charge in [0.05, 0.1) is 25.7 Å². The highest BCUT2D eigenvalue weighted by atomic mass is 16.5. The number of urea groups is 1. The number of amides is 2. The second-order valence-corrected chi connectivity index (χ2v) is 6.20. The van der Waals surface area contributed by atoms with Gasteiger partial charge in [-0.3, -0.25) is 4.79 Å². The summed E-state index contributed by atoms with van der Waals surface area (Å²) in [5.74, 6) is -0.902. The SMILES string of the molecule is CC1(CNC(=O)N2CCOCC2CC(=O)O)CCCC1. The van der Waals surface area contributed by atoms with Crippen LogP contribution in [0.15, 0.2) is 0 Å². The van der Waals surface area contributed by atoms with Crippen LogP contribution in [0, 0.1) is 5.41 Å². The van der Waals surface area contributed by atoms with Crippen LogP contribution >= 0.6 is 0 Å². The molecule has 1 unspecified atom stereocenters. The molecular weight excluding hydrogens is 260 g/mol. The molecule has 114 valence electrons. The smallest absolute Gasteiger partial charge is 0.317 e. The standard InChI is InChI=1S/C14H24N2O4/c1-14(4-2-3-5-14)10-15-13(19)16-6-7-20-9-11(16)8-12(17)18/h11H,2-10H2,1H3,(H,15,19)(H,17,18). The topological polar surface area (TPSA) is 78.9 Å². The molecule has 6 nitrogen and oxygen atoms in total. The van der Waals surface area contributed by atoms with Crippen LogP contribution in [0.2, 0.25) is 0 Å². The number of morpholine rings is 1. The van der Waals surface area contributed by atoms with E-state index in [4.69, 9.17) is 9.84 Å². The first-order chi connectivity index (χ1) is 9.50. The van der Waals surface area contributed by atoms with Crippen molar-refractivity contribution in [2.75, 3.05) is 26.3 Å². The number of carbonyl (C=O) groups is 2. The maximum Gasteiger partial charge on any atom is 0.317 e. The molecule has 0 spiro atoms. The summed E-state index contributed by atoms with van der Waals surface area (Å²) < 4.78 is 5.28. The molecular formula is C14H24N2O4. The number of carbonyl (C=O) groups excluding carboxylic acids is 1. The predicted molar refractivity (Wildman–Crippen MR) is 73.5 cm³/mol. The van der Waals surface area contributed by atoms with Crippen molar-refractivity contribution in [3.8, 4) is 0 Å². The summed E-state index contributed by atoms with van der Waals surface area (Å²) in [6, 6.07) is -0.523. The lowest BCUT2D eigenvalue weighted by molar-refractivity contribution is -0.139. The molecule has 20 heavy (non-hydrogen) atoms. The summed E-state index contributed by atoms with van der Waals surface area (Å²) in [6.45, 7) is 4.11. The van der Waals surface area contributed by atoms with Gasteiger partial charge in [-0.1, -0.05) is 19.8 Å². The molecule has 1 saturated heterocycles. The van der Waals surface area contributed by atoms with Crippen LogP contribution < -0.4 is 5.32 Å². The zero-order valence-corrected chi connectivity index (χ0v) is 12.1. The number of carboxylic acids is 1. The van der Waals surface area contributed by atoms with E-state index < -0.39 is 5.97 Å². The van der Waals surface area contributed by atoms with Crippen molar-refractivity contribution in [1.82, 2.24) is 10.2 Å². The zero-order valence-electron chi connectivity index (χ0n) is 12.1. The van der Waals surface area contributed by atoms with E-state index in [-0.39, 0.29) is 23.9 Å². The Morgan fingerprint density at radius 1 is 1.40 bits per heavy atom. The highest BCUT2D eigenvalue weighted by Crippen LogP contribution is 2.36. The lowest BCUT2D eigenvalue weighted by Gasteiger charge is -2.35. The maximum atomic E-state index is 12.3. The number of hydrogen-bond donors (Lipinski definition) is 2. The summed E-state index contributed by atoms with van der Waals surface area (Å²) in [4.78, 5) is 24.7. The van der Waals surface area contributed by atoms with E-state index in [2.05, 4.69) is 12.2 Å². The van der Waals surface area contributed by atoms with Crippen LogP contribution in [0.3, 0.4) is 0 Å². The van der Waals surface area contributed by atoms with Gasteiger partial charge in [-0.2, -0.15) is 0 Å². The molecule has 0 aromatic carbocycles. The van der Waals surface area contributed by atoms with Crippen molar-refractivity contribution in [2.45, 2.75) is 45.1 Å². The van der Waals surface area contributed by atoms with Gasteiger partial charge in [0, 0.05) is 13.1 Å². The Morgan fingerprint density at radius 3 is 2.75 bits per heavy atom. The van der Waals surface area contributed by atoms with Gasteiger partial charge < -0.3 is 20.1 Å². The number of ether oxygens (including phenoxy) is 1. The molecule has 2 fully saturated rings. The minimum absolute atomic E-state index is 0.0648. The Kier molecular flexibility index (Phi) is 4.86. The van der Waals surface area contributed by atoms with Gasteiger partial charge in [-0.05, 0) is 18.3 Å². The fourth-order valence-corrected chi connectivity index (χ4v) is 3.09. The van der Waals surface area contributed by atoms with Gasteiger partial charge in [0.1, 0.15) is 0 Å². The maximum absolute atomic E-state index is 12.3. The first-order valence-electron chi connectivity index (χ1n) is 7.34. The highest BCUT2D eigenvalue weighted by Gasteiger charge is 2.32. The van der Waals surface area contributed by atoms with Crippen LogP contribution in [-0.2, 0) is 9.53 Å². The van der Waals surface area contributed by atoms with E-state index >= 15 is 0 Å². The molecule has 1 aliphatic carbocycles. The van der Waals surface area contributed by atoms with E-state index in [1.165, 1.54) is 12.8 Å². The fourth-order valence-electron chi connectivity index (χ4n) is 3.09. The van der Waals surface area contributed by atoms with Gasteiger partial charge in [0.2, 0.25) is 0 Å². The van der Waals surface area contributed by atoms with Crippen LogP contribution in [0.5, 0.6) is 0 Å². The normalized spacial score (nSPS) is 25.4. The van der Waals surface area contributed by atoms with E-state index in [0.717, 1.165) is 12.8 Å². The molecule has 0 bridgehead atoms.